The van der Waals surface area contributed by atoms with Gasteiger partial charge in [0.2, 0.25) is 0 Å². The summed E-state index contributed by atoms with van der Waals surface area (Å²) in [7, 11) is 0. The number of halogens is 1. The maximum atomic E-state index is 11.9. The predicted molar refractivity (Wildman–Crippen MR) is 148 cm³/mol. The molecule has 3 aromatic carbocycles. The highest BCUT2D eigenvalue weighted by atomic mass is 35.5. The number of phenols is 1. The topological polar surface area (TPSA) is 68.2 Å². The summed E-state index contributed by atoms with van der Waals surface area (Å²) in [4.78, 5) is 15.3. The van der Waals surface area contributed by atoms with Crippen molar-refractivity contribution in [3.05, 3.63) is 71.8 Å². The van der Waals surface area contributed by atoms with Gasteiger partial charge in [0.05, 0.1) is 10.4 Å². The van der Waals surface area contributed by atoms with Crippen molar-refractivity contribution in [1.82, 2.24) is 4.90 Å². The molecule has 0 unspecified atom stereocenters. The molecular formula is C29H28ClNO5S. The first-order valence-corrected chi connectivity index (χ1v) is 13.1. The summed E-state index contributed by atoms with van der Waals surface area (Å²) in [5.41, 5.74) is 2.42. The molecule has 2 aliphatic heterocycles. The highest BCUT2D eigenvalue weighted by molar-refractivity contribution is 7.22. The zero-order valence-electron chi connectivity index (χ0n) is 20.3. The molecule has 0 spiro atoms. The lowest BCUT2D eigenvalue weighted by molar-refractivity contribution is 0.0535. The average molecular weight is 538 g/mol. The van der Waals surface area contributed by atoms with Gasteiger partial charge < -0.3 is 19.3 Å². The zero-order chi connectivity index (χ0) is 24.5. The summed E-state index contributed by atoms with van der Waals surface area (Å²) in [6.45, 7) is 4.24. The number of phenolic OH excluding ortho intramolecular Hbond substituents is 1. The van der Waals surface area contributed by atoms with Gasteiger partial charge >= 0.3 is 5.97 Å². The van der Waals surface area contributed by atoms with Crippen molar-refractivity contribution < 1.29 is 24.1 Å². The standard InChI is InChI=1S/C29H27NO5S.ClH/c31-21-5-11-25-26(17-21)36-28(19-4-10-24-20(16-19)18-34-29(24)32)27(25)35-23-8-6-22(7-9-23)33-15-14-30-12-2-1-3-13-30;/h4-11,16-17,31H,1-3,12-15,18H2;1H. The number of esters is 1. The third-order valence-corrected chi connectivity index (χ3v) is 7.93. The van der Waals surface area contributed by atoms with E-state index >= 15 is 0 Å². The Labute approximate surface area is 225 Å². The molecule has 1 saturated heterocycles. The lowest BCUT2D eigenvalue weighted by atomic mass is 10.0. The number of ether oxygens (including phenoxy) is 3. The van der Waals surface area contributed by atoms with Crippen LogP contribution in [0.3, 0.4) is 0 Å². The molecule has 0 amide bonds. The molecule has 8 heteroatoms. The molecule has 192 valence electrons. The number of benzene rings is 3. The molecule has 2 aliphatic rings. The molecular weight excluding hydrogens is 510 g/mol. The highest BCUT2D eigenvalue weighted by Gasteiger charge is 2.23. The van der Waals surface area contributed by atoms with E-state index in [0.29, 0.717) is 17.9 Å². The summed E-state index contributed by atoms with van der Waals surface area (Å²) in [6.07, 6.45) is 3.90. The summed E-state index contributed by atoms with van der Waals surface area (Å²) in [5, 5.41) is 10.9. The minimum absolute atomic E-state index is 0. The van der Waals surface area contributed by atoms with Gasteiger partial charge in [-0.3, -0.25) is 4.90 Å². The lowest BCUT2D eigenvalue weighted by Gasteiger charge is -2.26. The molecule has 0 aliphatic carbocycles. The number of likely N-dealkylation sites (tertiary alicyclic amines) is 1. The van der Waals surface area contributed by atoms with E-state index in [-0.39, 0.29) is 30.7 Å². The van der Waals surface area contributed by atoms with Crippen LogP contribution < -0.4 is 9.47 Å². The first-order chi connectivity index (χ1) is 17.6. The van der Waals surface area contributed by atoms with Crippen molar-refractivity contribution in [2.45, 2.75) is 25.9 Å². The Morgan fingerprint density at radius 1 is 0.946 bits per heavy atom. The minimum Gasteiger partial charge on any atom is -0.508 e. The first-order valence-electron chi connectivity index (χ1n) is 12.3. The van der Waals surface area contributed by atoms with E-state index < -0.39 is 0 Å². The summed E-state index contributed by atoms with van der Waals surface area (Å²) < 4.78 is 18.5. The number of aromatic hydroxyl groups is 1. The number of nitrogens with zero attached hydrogens (tertiary/aromatic N) is 1. The maximum absolute atomic E-state index is 11.9. The Morgan fingerprint density at radius 2 is 1.73 bits per heavy atom. The molecule has 3 heterocycles. The second kappa shape index (κ2) is 11.0. The van der Waals surface area contributed by atoms with Crippen molar-refractivity contribution in [2.75, 3.05) is 26.2 Å². The van der Waals surface area contributed by atoms with Gasteiger partial charge in [-0.2, -0.15) is 0 Å². The number of rotatable bonds is 7. The van der Waals surface area contributed by atoms with Gasteiger partial charge in [-0.05, 0) is 86.1 Å². The average Bonchev–Trinajstić information content (AvgIpc) is 3.45. The lowest BCUT2D eigenvalue weighted by Crippen LogP contribution is -2.33. The van der Waals surface area contributed by atoms with Crippen LogP contribution in [0.15, 0.2) is 60.7 Å². The molecule has 0 saturated carbocycles. The third-order valence-electron chi connectivity index (χ3n) is 6.74. The molecule has 6 rings (SSSR count). The van der Waals surface area contributed by atoms with Crippen molar-refractivity contribution in [1.29, 1.82) is 0 Å². The van der Waals surface area contributed by atoms with Crippen LogP contribution in [0.2, 0.25) is 0 Å². The molecule has 37 heavy (non-hydrogen) atoms. The van der Waals surface area contributed by atoms with E-state index in [4.69, 9.17) is 14.2 Å². The molecule has 1 N–H and O–H groups in total. The zero-order valence-corrected chi connectivity index (χ0v) is 21.9. The molecule has 0 atom stereocenters. The van der Waals surface area contributed by atoms with E-state index in [0.717, 1.165) is 44.1 Å². The molecule has 0 bridgehead atoms. The molecule has 0 radical (unpaired) electrons. The number of carbonyl (C=O) groups is 1. The first kappa shape index (κ1) is 25.4. The van der Waals surface area contributed by atoms with Crippen LogP contribution in [0.5, 0.6) is 23.0 Å². The maximum Gasteiger partial charge on any atom is 0.338 e. The Kier molecular flexibility index (Phi) is 7.55. The van der Waals surface area contributed by atoms with Gasteiger partial charge in [-0.1, -0.05) is 12.5 Å². The minimum atomic E-state index is -0.285. The van der Waals surface area contributed by atoms with Crippen LogP contribution >= 0.6 is 23.7 Å². The van der Waals surface area contributed by atoms with E-state index in [1.54, 1.807) is 23.5 Å². The van der Waals surface area contributed by atoms with E-state index in [1.165, 1.54) is 32.4 Å². The van der Waals surface area contributed by atoms with Gasteiger partial charge in [0.1, 0.15) is 30.5 Å². The number of hydrogen-bond donors (Lipinski definition) is 1. The number of cyclic esters (lactones) is 1. The number of fused-ring (bicyclic) bond motifs is 2. The normalized spacial score (nSPS) is 15.2. The van der Waals surface area contributed by atoms with Crippen LogP contribution in [-0.2, 0) is 11.3 Å². The molecule has 4 aromatic rings. The van der Waals surface area contributed by atoms with Gasteiger partial charge in [0, 0.05) is 22.2 Å². The van der Waals surface area contributed by atoms with Gasteiger partial charge in [0.15, 0.2) is 5.75 Å². The fourth-order valence-electron chi connectivity index (χ4n) is 4.82. The Hall–Kier alpha value is -3.26. The molecule has 1 fully saturated rings. The van der Waals surface area contributed by atoms with E-state index in [1.807, 2.05) is 48.5 Å². The monoisotopic (exact) mass is 537 g/mol. The summed E-state index contributed by atoms with van der Waals surface area (Å²) in [5.74, 6) is 2.17. The Bertz CT molecular complexity index is 1410. The van der Waals surface area contributed by atoms with Crippen LogP contribution in [0.25, 0.3) is 20.5 Å². The number of hydrogen-bond acceptors (Lipinski definition) is 7. The van der Waals surface area contributed by atoms with Crippen molar-refractivity contribution in [2.24, 2.45) is 0 Å². The van der Waals surface area contributed by atoms with Crippen molar-refractivity contribution in [3.63, 3.8) is 0 Å². The van der Waals surface area contributed by atoms with Crippen LogP contribution in [0, 0.1) is 0 Å². The van der Waals surface area contributed by atoms with Crippen molar-refractivity contribution >= 4 is 39.8 Å². The fraction of sp³-hybridized carbons (Fsp3) is 0.276. The third kappa shape index (κ3) is 5.39. The SMILES string of the molecule is Cl.O=C1OCc2cc(-c3sc4cc(O)ccc4c3Oc3ccc(OCCN4CCCCC4)cc3)ccc21. The smallest absolute Gasteiger partial charge is 0.338 e. The number of carbonyl (C=O) groups excluding carboxylic acids is 1. The Balaban J connectivity index is 0.00000280. The number of piperidine rings is 1. The Morgan fingerprint density at radius 3 is 2.54 bits per heavy atom. The summed E-state index contributed by atoms with van der Waals surface area (Å²) in [6, 6.07) is 18.7. The predicted octanol–water partition coefficient (Wildman–Crippen LogP) is 7.02. The van der Waals surface area contributed by atoms with Gasteiger partial charge in [-0.15, -0.1) is 23.7 Å². The quantitative estimate of drug-likeness (QED) is 0.255. The van der Waals surface area contributed by atoms with Crippen LogP contribution in [0.1, 0.15) is 35.2 Å². The fourth-order valence-corrected chi connectivity index (χ4v) is 5.98. The second-order valence-electron chi connectivity index (χ2n) is 9.21. The number of thiophene rings is 1. The second-order valence-corrected chi connectivity index (χ2v) is 10.3. The summed E-state index contributed by atoms with van der Waals surface area (Å²) >= 11 is 1.54. The molecule has 6 nitrogen and oxygen atoms in total. The van der Waals surface area contributed by atoms with Crippen LogP contribution in [0.4, 0.5) is 0 Å². The highest BCUT2D eigenvalue weighted by Crippen LogP contribution is 2.47. The van der Waals surface area contributed by atoms with Crippen LogP contribution in [-0.4, -0.2) is 42.2 Å². The van der Waals surface area contributed by atoms with Gasteiger partial charge in [0.25, 0.3) is 0 Å². The molecule has 1 aromatic heterocycles. The van der Waals surface area contributed by atoms with E-state index in [9.17, 15) is 9.90 Å². The van der Waals surface area contributed by atoms with E-state index in [2.05, 4.69) is 4.90 Å². The van der Waals surface area contributed by atoms with Gasteiger partial charge in [-0.25, -0.2) is 4.79 Å². The van der Waals surface area contributed by atoms with Crippen molar-refractivity contribution in [3.8, 4) is 33.4 Å². The largest absolute Gasteiger partial charge is 0.508 e.